The maximum Gasteiger partial charge on any atom is 0.235 e. The Kier molecular flexibility index (Phi) is 8.01. The first-order valence-electron chi connectivity index (χ1n) is 13.9. The summed E-state index contributed by atoms with van der Waals surface area (Å²) in [6.45, 7) is 0. The molecule has 10 nitrogen and oxygen atoms in total. The molecule has 43 heavy (non-hydrogen) atoms. The SMILES string of the molecule is CN(C)c1cc(CCc2cc(F)cc(I)c2)c(O)c2c1C[C@H]1C[C@H]3[C@H](N(C)C)C(=O)C(C(N)=O)C(=O)[C@@]3(O)C(=O)C1C2=O. The fraction of sp³-hybridized carbons (Fsp3) is 0.452. The van der Waals surface area contributed by atoms with E-state index in [0.717, 1.165) is 3.57 Å². The predicted octanol–water partition coefficient (Wildman–Crippen LogP) is 1.46. The molecule has 2 fully saturated rings. The molecule has 2 aromatic carbocycles. The highest BCUT2D eigenvalue weighted by atomic mass is 127. The van der Waals surface area contributed by atoms with Gasteiger partial charge in [0.25, 0.3) is 0 Å². The number of hydrogen-bond donors (Lipinski definition) is 3. The first-order valence-corrected chi connectivity index (χ1v) is 15.0. The first-order chi connectivity index (χ1) is 20.1. The van der Waals surface area contributed by atoms with E-state index < -0.39 is 64.4 Å². The summed E-state index contributed by atoms with van der Waals surface area (Å²) in [5.41, 5.74) is 4.87. The largest absolute Gasteiger partial charge is 0.507 e. The standard InChI is InChI=1S/C31H33FIN3O7/c1-35(2)20-11-14(6-5-13-7-16(32)12-17(33)8-13)25(37)22-18(20)9-15-10-19-24(36(3)4)27(39)23(30(34)42)29(41)31(19,43)28(40)21(15)26(22)38/h7-8,11-12,15,19,21,23-24,37,43H,5-6,9-10H2,1-4H3,(H2,34,42)/t15-,19-,21?,23?,24-,31-/m0/s1. The Morgan fingerprint density at radius 2 is 1.74 bits per heavy atom. The molecule has 0 aliphatic heterocycles. The molecular weight excluding hydrogens is 672 g/mol. The molecular formula is C31H33FIN3O7. The van der Waals surface area contributed by atoms with E-state index >= 15 is 0 Å². The third-order valence-electron chi connectivity index (χ3n) is 9.20. The van der Waals surface area contributed by atoms with Crippen molar-refractivity contribution < 1.29 is 38.6 Å². The van der Waals surface area contributed by atoms with Crippen LogP contribution in [0.3, 0.4) is 0 Å². The minimum absolute atomic E-state index is 0.0164. The zero-order valence-electron chi connectivity index (χ0n) is 24.2. The number of nitrogens with two attached hydrogens (primary N) is 1. The Hall–Kier alpha value is -3.23. The third-order valence-corrected chi connectivity index (χ3v) is 9.83. The van der Waals surface area contributed by atoms with Crippen molar-refractivity contribution in [1.29, 1.82) is 0 Å². The van der Waals surface area contributed by atoms with Gasteiger partial charge in [0, 0.05) is 29.3 Å². The van der Waals surface area contributed by atoms with Crippen LogP contribution in [-0.2, 0) is 38.4 Å². The van der Waals surface area contributed by atoms with Gasteiger partial charge in [-0.15, -0.1) is 0 Å². The lowest BCUT2D eigenvalue weighted by molar-refractivity contribution is -0.181. The number of aliphatic hydroxyl groups is 1. The lowest BCUT2D eigenvalue weighted by atomic mass is 9.52. The molecule has 3 aliphatic rings. The van der Waals surface area contributed by atoms with Crippen molar-refractivity contribution in [2.75, 3.05) is 33.1 Å². The van der Waals surface area contributed by atoms with Gasteiger partial charge in [0.15, 0.2) is 34.7 Å². The van der Waals surface area contributed by atoms with Crippen LogP contribution in [0, 0.1) is 33.1 Å². The molecule has 5 rings (SSSR count). The second-order valence-electron chi connectivity index (χ2n) is 12.2. The van der Waals surface area contributed by atoms with Crippen LogP contribution < -0.4 is 10.6 Å². The zero-order valence-corrected chi connectivity index (χ0v) is 26.3. The van der Waals surface area contributed by atoms with Crippen LogP contribution in [0.1, 0.15) is 33.5 Å². The van der Waals surface area contributed by atoms with E-state index in [0.29, 0.717) is 28.8 Å². The Morgan fingerprint density at radius 1 is 1.07 bits per heavy atom. The van der Waals surface area contributed by atoms with E-state index in [1.807, 2.05) is 28.7 Å². The molecule has 0 radical (unpaired) electrons. The number of amides is 1. The van der Waals surface area contributed by atoms with Crippen molar-refractivity contribution >= 4 is 57.3 Å². The summed E-state index contributed by atoms with van der Waals surface area (Å²) in [6, 6.07) is 5.26. The highest BCUT2D eigenvalue weighted by molar-refractivity contribution is 14.1. The van der Waals surface area contributed by atoms with Crippen LogP contribution in [0.2, 0.25) is 0 Å². The number of primary amides is 1. The quantitative estimate of drug-likeness (QED) is 0.299. The number of likely N-dealkylation sites (N-methyl/N-ethyl adjacent to an activating group) is 1. The molecule has 228 valence electrons. The topological polar surface area (TPSA) is 158 Å². The Morgan fingerprint density at radius 3 is 2.33 bits per heavy atom. The van der Waals surface area contributed by atoms with E-state index in [4.69, 9.17) is 5.73 Å². The number of hydrogen-bond acceptors (Lipinski definition) is 9. The summed E-state index contributed by atoms with van der Waals surface area (Å²) < 4.78 is 14.7. The predicted molar refractivity (Wildman–Crippen MR) is 162 cm³/mol. The number of nitrogens with zero attached hydrogens (tertiary/aromatic N) is 2. The van der Waals surface area contributed by atoms with Gasteiger partial charge in [0.1, 0.15) is 11.6 Å². The number of carbonyl (C=O) groups excluding carboxylic acids is 5. The highest BCUT2D eigenvalue weighted by Crippen LogP contribution is 2.52. The summed E-state index contributed by atoms with van der Waals surface area (Å²) in [7, 11) is 6.67. The van der Waals surface area contributed by atoms with Crippen molar-refractivity contribution in [3.63, 3.8) is 0 Å². The minimum atomic E-state index is -2.77. The molecule has 2 saturated carbocycles. The number of halogens is 2. The van der Waals surface area contributed by atoms with Crippen molar-refractivity contribution in [1.82, 2.24) is 4.90 Å². The Bertz CT molecular complexity index is 1570. The highest BCUT2D eigenvalue weighted by Gasteiger charge is 2.69. The van der Waals surface area contributed by atoms with Gasteiger partial charge in [-0.1, -0.05) is 0 Å². The van der Waals surface area contributed by atoms with Crippen molar-refractivity contribution in [3.8, 4) is 5.75 Å². The normalized spacial score (nSPS) is 28.4. The summed E-state index contributed by atoms with van der Waals surface area (Å²) >= 11 is 2.02. The van der Waals surface area contributed by atoms with Crippen LogP contribution in [0.5, 0.6) is 5.75 Å². The van der Waals surface area contributed by atoms with Gasteiger partial charge in [0.05, 0.1) is 17.5 Å². The summed E-state index contributed by atoms with van der Waals surface area (Å²) in [6.07, 6.45) is 0.801. The van der Waals surface area contributed by atoms with Gasteiger partial charge in [-0.3, -0.25) is 28.9 Å². The fourth-order valence-electron chi connectivity index (χ4n) is 7.33. The number of phenolic OH excluding ortho intramolecular Hbond substituents is 1. The first kappa shape index (κ1) is 31.2. The molecule has 0 heterocycles. The molecule has 3 aliphatic carbocycles. The van der Waals surface area contributed by atoms with E-state index in [1.165, 1.54) is 17.0 Å². The van der Waals surface area contributed by atoms with Gasteiger partial charge in [-0.05, 0) is 109 Å². The number of carbonyl (C=O) groups is 5. The van der Waals surface area contributed by atoms with Crippen LogP contribution >= 0.6 is 22.6 Å². The Balaban J connectivity index is 1.59. The average Bonchev–Trinajstić information content (AvgIpc) is 2.89. The maximum atomic E-state index is 14.2. The average molecular weight is 706 g/mol. The van der Waals surface area contributed by atoms with E-state index in [9.17, 15) is 38.6 Å². The fourth-order valence-corrected chi connectivity index (χ4v) is 8.03. The molecule has 1 amide bonds. The molecule has 2 unspecified atom stereocenters. The summed E-state index contributed by atoms with van der Waals surface area (Å²) in [4.78, 5) is 70.4. The minimum Gasteiger partial charge on any atom is -0.507 e. The number of aryl methyl sites for hydroxylation is 2. The summed E-state index contributed by atoms with van der Waals surface area (Å²) in [5.74, 6) is -11.2. The smallest absolute Gasteiger partial charge is 0.235 e. The second kappa shape index (κ2) is 11.0. The number of fused-ring (bicyclic) bond motifs is 3. The molecule has 0 bridgehead atoms. The van der Waals surface area contributed by atoms with Gasteiger partial charge in [0.2, 0.25) is 5.91 Å². The number of benzene rings is 2. The number of anilines is 1. The molecule has 12 heteroatoms. The Labute approximate surface area is 261 Å². The molecule has 4 N–H and O–H groups in total. The number of rotatable bonds is 6. The van der Waals surface area contributed by atoms with Crippen LogP contribution in [0.4, 0.5) is 10.1 Å². The number of ketones is 4. The number of aromatic hydroxyl groups is 1. The van der Waals surface area contributed by atoms with Crippen LogP contribution in [-0.4, -0.2) is 84.0 Å². The van der Waals surface area contributed by atoms with Crippen molar-refractivity contribution in [3.05, 3.63) is 55.9 Å². The molecule has 2 aromatic rings. The third kappa shape index (κ3) is 4.87. The zero-order chi connectivity index (χ0) is 31.7. The number of phenols is 1. The van der Waals surface area contributed by atoms with Crippen molar-refractivity contribution in [2.24, 2.45) is 29.4 Å². The molecule has 6 atom stereocenters. The second-order valence-corrected chi connectivity index (χ2v) is 13.5. The molecule has 0 spiro atoms. The molecule has 0 saturated heterocycles. The lowest BCUT2D eigenvalue weighted by Crippen LogP contribution is -2.74. The monoisotopic (exact) mass is 705 g/mol. The van der Waals surface area contributed by atoms with Gasteiger partial charge >= 0.3 is 0 Å². The van der Waals surface area contributed by atoms with Gasteiger partial charge < -0.3 is 20.8 Å². The van der Waals surface area contributed by atoms with E-state index in [2.05, 4.69) is 0 Å². The molecule has 0 aromatic heterocycles. The van der Waals surface area contributed by atoms with Crippen LogP contribution in [0.15, 0.2) is 24.3 Å². The lowest BCUT2D eigenvalue weighted by Gasteiger charge is -2.52. The van der Waals surface area contributed by atoms with E-state index in [1.54, 1.807) is 39.2 Å². The number of Topliss-reactive ketones (excluding diaryl/α,β-unsaturated/α-hetero) is 4. The van der Waals surface area contributed by atoms with Gasteiger partial charge in [-0.2, -0.15) is 0 Å². The van der Waals surface area contributed by atoms with Gasteiger partial charge in [-0.25, -0.2) is 4.39 Å². The van der Waals surface area contributed by atoms with E-state index in [-0.39, 0.29) is 36.4 Å². The maximum absolute atomic E-state index is 14.2. The van der Waals surface area contributed by atoms with Crippen molar-refractivity contribution in [2.45, 2.75) is 37.3 Å². The van der Waals surface area contributed by atoms with Crippen LogP contribution in [0.25, 0.3) is 0 Å². The summed E-state index contributed by atoms with van der Waals surface area (Å²) in [5, 5.41) is 23.2.